The van der Waals surface area contributed by atoms with Crippen molar-refractivity contribution in [3.8, 4) is 0 Å². The molecule has 112 valence electrons. The summed E-state index contributed by atoms with van der Waals surface area (Å²) < 4.78 is 38.5. The Kier molecular flexibility index (Phi) is 4.36. The summed E-state index contributed by atoms with van der Waals surface area (Å²) in [6.45, 7) is 5.19. The Bertz CT molecular complexity index is 510. The highest BCUT2D eigenvalue weighted by atomic mass is 19.4. The summed E-state index contributed by atoms with van der Waals surface area (Å²) in [5.41, 5.74) is 3.39. The summed E-state index contributed by atoms with van der Waals surface area (Å²) in [4.78, 5) is 11.5. The van der Waals surface area contributed by atoms with Gasteiger partial charge in [0.1, 0.15) is 0 Å². The maximum absolute atomic E-state index is 12.8. The number of aliphatic carboxylic acids is 1. The van der Waals surface area contributed by atoms with Gasteiger partial charge < -0.3 is 10.8 Å². The van der Waals surface area contributed by atoms with Gasteiger partial charge in [0.2, 0.25) is 0 Å². The number of halogens is 3. The van der Waals surface area contributed by atoms with Crippen molar-refractivity contribution in [1.82, 2.24) is 0 Å². The van der Waals surface area contributed by atoms with E-state index in [1.807, 2.05) is 0 Å². The number of para-hydroxylation sites is 1. The summed E-state index contributed by atoms with van der Waals surface area (Å²) in [6.07, 6.45) is -4.10. The van der Waals surface area contributed by atoms with Crippen LogP contribution in [0.5, 0.6) is 0 Å². The molecule has 0 aromatic heterocycles. The fourth-order valence-electron chi connectivity index (χ4n) is 2.17. The van der Waals surface area contributed by atoms with Gasteiger partial charge in [-0.05, 0) is 23.5 Å². The molecule has 0 bridgehead atoms. The van der Waals surface area contributed by atoms with E-state index in [1.165, 1.54) is 12.1 Å². The van der Waals surface area contributed by atoms with Crippen molar-refractivity contribution in [1.29, 1.82) is 0 Å². The van der Waals surface area contributed by atoms with Crippen molar-refractivity contribution in [2.45, 2.75) is 39.3 Å². The topological polar surface area (TPSA) is 63.3 Å². The number of benzene rings is 1. The third kappa shape index (κ3) is 3.05. The molecule has 1 aromatic carbocycles. The number of anilines is 1. The fourth-order valence-corrected chi connectivity index (χ4v) is 2.17. The second-order valence-corrected chi connectivity index (χ2v) is 5.42. The molecule has 0 saturated heterocycles. The molecule has 0 heterocycles. The summed E-state index contributed by atoms with van der Waals surface area (Å²) >= 11 is 0. The van der Waals surface area contributed by atoms with Gasteiger partial charge in [0.05, 0.1) is 11.5 Å². The standard InChI is InChI=1S/C14H18F3NO2/c1-4-13(2,3)10(12(19)20)8-6-5-7-9(11(8)18)14(15,16)17/h5-7,10H,4,18H2,1-3H3,(H,19,20). The molecule has 20 heavy (non-hydrogen) atoms. The van der Waals surface area contributed by atoms with Gasteiger partial charge in [-0.1, -0.05) is 32.9 Å². The van der Waals surface area contributed by atoms with E-state index in [2.05, 4.69) is 0 Å². The van der Waals surface area contributed by atoms with Crippen LogP contribution in [0.4, 0.5) is 18.9 Å². The SMILES string of the molecule is CCC(C)(C)C(C(=O)O)c1cccc(C(F)(F)F)c1N. The van der Waals surface area contributed by atoms with Crippen LogP contribution in [0.3, 0.4) is 0 Å². The summed E-state index contributed by atoms with van der Waals surface area (Å²) in [6, 6.07) is 3.40. The highest BCUT2D eigenvalue weighted by Crippen LogP contribution is 2.44. The minimum atomic E-state index is -4.60. The number of hydrogen-bond acceptors (Lipinski definition) is 2. The maximum atomic E-state index is 12.8. The molecule has 0 radical (unpaired) electrons. The summed E-state index contributed by atoms with van der Waals surface area (Å²) in [5.74, 6) is -2.27. The van der Waals surface area contributed by atoms with Gasteiger partial charge in [-0.25, -0.2) is 0 Å². The largest absolute Gasteiger partial charge is 0.481 e. The zero-order chi connectivity index (χ0) is 15.7. The first-order chi connectivity index (χ1) is 9.02. The lowest BCUT2D eigenvalue weighted by Gasteiger charge is -2.32. The molecule has 0 fully saturated rings. The Morgan fingerprint density at radius 3 is 2.30 bits per heavy atom. The van der Waals surface area contributed by atoms with Gasteiger partial charge in [0.15, 0.2) is 0 Å². The quantitative estimate of drug-likeness (QED) is 0.826. The van der Waals surface area contributed by atoms with Crippen LogP contribution in [0.25, 0.3) is 0 Å². The second kappa shape index (κ2) is 5.34. The molecule has 0 aliphatic rings. The number of carboxylic acid groups (broad SMARTS) is 1. The lowest BCUT2D eigenvalue weighted by Crippen LogP contribution is -2.29. The Hall–Kier alpha value is -1.72. The molecule has 0 spiro atoms. The highest BCUT2D eigenvalue weighted by Gasteiger charge is 2.40. The van der Waals surface area contributed by atoms with Crippen molar-refractivity contribution in [3.63, 3.8) is 0 Å². The van der Waals surface area contributed by atoms with Crippen LogP contribution in [0.15, 0.2) is 18.2 Å². The minimum Gasteiger partial charge on any atom is -0.481 e. The molecular weight excluding hydrogens is 271 g/mol. The van der Waals surface area contributed by atoms with Gasteiger partial charge in [-0.3, -0.25) is 4.79 Å². The third-order valence-electron chi connectivity index (χ3n) is 3.70. The predicted octanol–water partition coefficient (Wildman–Crippen LogP) is 3.89. The van der Waals surface area contributed by atoms with E-state index in [4.69, 9.17) is 5.73 Å². The van der Waals surface area contributed by atoms with Gasteiger partial charge in [0.25, 0.3) is 0 Å². The van der Waals surface area contributed by atoms with E-state index in [9.17, 15) is 23.1 Å². The molecule has 6 heteroatoms. The number of nitrogen functional groups attached to an aromatic ring is 1. The van der Waals surface area contributed by atoms with Gasteiger partial charge in [-0.15, -0.1) is 0 Å². The van der Waals surface area contributed by atoms with Gasteiger partial charge in [-0.2, -0.15) is 13.2 Å². The maximum Gasteiger partial charge on any atom is 0.418 e. The minimum absolute atomic E-state index is 0.0131. The molecule has 0 aliphatic heterocycles. The van der Waals surface area contributed by atoms with E-state index in [1.54, 1.807) is 20.8 Å². The molecule has 1 rings (SSSR count). The lowest BCUT2D eigenvalue weighted by molar-refractivity contribution is -0.142. The Morgan fingerprint density at radius 2 is 1.90 bits per heavy atom. The molecule has 1 aromatic rings. The monoisotopic (exact) mass is 289 g/mol. The number of carbonyl (C=O) groups is 1. The van der Waals surface area contributed by atoms with Gasteiger partial charge >= 0.3 is 12.1 Å². The fraction of sp³-hybridized carbons (Fsp3) is 0.500. The van der Waals surface area contributed by atoms with Crippen LogP contribution < -0.4 is 5.73 Å². The zero-order valence-electron chi connectivity index (χ0n) is 11.6. The molecule has 3 nitrogen and oxygen atoms in total. The molecule has 0 aliphatic carbocycles. The van der Waals surface area contributed by atoms with Crippen molar-refractivity contribution < 1.29 is 23.1 Å². The Morgan fingerprint density at radius 1 is 1.35 bits per heavy atom. The second-order valence-electron chi connectivity index (χ2n) is 5.42. The molecule has 0 amide bonds. The van der Waals surface area contributed by atoms with Crippen LogP contribution in [-0.4, -0.2) is 11.1 Å². The average Bonchev–Trinajstić information content (AvgIpc) is 2.29. The van der Waals surface area contributed by atoms with Crippen LogP contribution in [-0.2, 0) is 11.0 Å². The zero-order valence-corrected chi connectivity index (χ0v) is 11.6. The van der Waals surface area contributed by atoms with E-state index in [-0.39, 0.29) is 5.56 Å². The van der Waals surface area contributed by atoms with Crippen LogP contribution in [0, 0.1) is 5.41 Å². The first kappa shape index (κ1) is 16.3. The van der Waals surface area contributed by atoms with Crippen LogP contribution >= 0.6 is 0 Å². The molecular formula is C14H18F3NO2. The molecule has 0 saturated carbocycles. The van der Waals surface area contributed by atoms with E-state index < -0.39 is 34.7 Å². The third-order valence-corrected chi connectivity index (χ3v) is 3.70. The van der Waals surface area contributed by atoms with Crippen LogP contribution in [0.1, 0.15) is 44.2 Å². The van der Waals surface area contributed by atoms with Crippen molar-refractivity contribution >= 4 is 11.7 Å². The number of rotatable bonds is 4. The van der Waals surface area contributed by atoms with Crippen molar-refractivity contribution in [2.24, 2.45) is 5.41 Å². The van der Waals surface area contributed by atoms with E-state index in [0.29, 0.717) is 6.42 Å². The summed E-state index contributed by atoms with van der Waals surface area (Å²) in [5, 5.41) is 9.37. The smallest absolute Gasteiger partial charge is 0.418 e. The molecule has 3 N–H and O–H groups in total. The van der Waals surface area contributed by atoms with Crippen LogP contribution in [0.2, 0.25) is 0 Å². The highest BCUT2D eigenvalue weighted by molar-refractivity contribution is 5.80. The van der Waals surface area contributed by atoms with Gasteiger partial charge in [0, 0.05) is 5.69 Å². The molecule has 1 unspecified atom stereocenters. The van der Waals surface area contributed by atoms with E-state index in [0.717, 1.165) is 6.07 Å². The van der Waals surface area contributed by atoms with Crippen molar-refractivity contribution in [3.05, 3.63) is 29.3 Å². The normalized spacial score (nSPS) is 14.1. The Balaban J connectivity index is 3.48. The molecule has 1 atom stereocenters. The Labute approximate surface area is 115 Å². The number of alkyl halides is 3. The average molecular weight is 289 g/mol. The predicted molar refractivity (Wildman–Crippen MR) is 70.3 cm³/mol. The van der Waals surface area contributed by atoms with E-state index >= 15 is 0 Å². The van der Waals surface area contributed by atoms with Crippen molar-refractivity contribution in [2.75, 3.05) is 5.73 Å². The number of nitrogens with two attached hydrogens (primary N) is 1. The number of hydrogen-bond donors (Lipinski definition) is 2. The first-order valence-corrected chi connectivity index (χ1v) is 6.20. The number of carboxylic acids is 1. The first-order valence-electron chi connectivity index (χ1n) is 6.20. The lowest BCUT2D eigenvalue weighted by atomic mass is 9.72. The summed E-state index contributed by atoms with van der Waals surface area (Å²) in [7, 11) is 0.